The molecule has 0 N–H and O–H groups in total. The van der Waals surface area contributed by atoms with E-state index in [4.69, 9.17) is 9.15 Å². The number of ether oxygens (including phenoxy) is 1. The Balaban J connectivity index is 1.59. The van der Waals surface area contributed by atoms with Crippen molar-refractivity contribution in [3.63, 3.8) is 0 Å². The summed E-state index contributed by atoms with van der Waals surface area (Å²) in [7, 11) is 1.60. The SMILES string of the molecule is COc1ccc(C(=O)C2CCN(C(=O)c3ccc(Br)o3)CC2)cc1. The minimum atomic E-state index is -0.129. The van der Waals surface area contributed by atoms with Crippen molar-refractivity contribution in [2.75, 3.05) is 20.2 Å². The third-order valence-corrected chi connectivity index (χ3v) is 4.74. The lowest BCUT2D eigenvalue weighted by atomic mass is 9.89. The van der Waals surface area contributed by atoms with Crippen molar-refractivity contribution in [1.29, 1.82) is 0 Å². The Labute approximate surface area is 148 Å². The zero-order valence-corrected chi connectivity index (χ0v) is 14.9. The van der Waals surface area contributed by atoms with Gasteiger partial charge in [-0.05, 0) is 65.2 Å². The Morgan fingerprint density at radius 1 is 1.12 bits per heavy atom. The van der Waals surface area contributed by atoms with Crippen molar-refractivity contribution in [3.8, 4) is 5.75 Å². The van der Waals surface area contributed by atoms with Crippen LogP contribution in [0.2, 0.25) is 0 Å². The molecule has 5 nitrogen and oxygen atoms in total. The van der Waals surface area contributed by atoms with Crippen LogP contribution in [0.5, 0.6) is 5.75 Å². The molecule has 1 saturated heterocycles. The molecule has 126 valence electrons. The molecule has 24 heavy (non-hydrogen) atoms. The molecule has 3 rings (SSSR count). The highest BCUT2D eigenvalue weighted by Crippen LogP contribution is 2.25. The summed E-state index contributed by atoms with van der Waals surface area (Å²) in [6.45, 7) is 1.12. The molecule has 0 spiro atoms. The summed E-state index contributed by atoms with van der Waals surface area (Å²) < 4.78 is 11.0. The third-order valence-electron chi connectivity index (χ3n) is 4.31. The van der Waals surface area contributed by atoms with E-state index in [0.717, 1.165) is 5.75 Å². The van der Waals surface area contributed by atoms with Gasteiger partial charge < -0.3 is 14.1 Å². The number of Topliss-reactive ketones (excluding diaryl/α,β-unsaturated/α-hetero) is 1. The van der Waals surface area contributed by atoms with Gasteiger partial charge in [0.05, 0.1) is 7.11 Å². The maximum atomic E-state index is 12.6. The number of hydrogen-bond donors (Lipinski definition) is 0. The number of ketones is 1. The van der Waals surface area contributed by atoms with E-state index in [1.807, 2.05) is 0 Å². The van der Waals surface area contributed by atoms with E-state index < -0.39 is 0 Å². The van der Waals surface area contributed by atoms with Crippen molar-refractivity contribution in [2.24, 2.45) is 5.92 Å². The molecular formula is C18H18BrNO4. The molecular weight excluding hydrogens is 374 g/mol. The summed E-state index contributed by atoms with van der Waals surface area (Å²) in [6, 6.07) is 10.5. The predicted molar refractivity (Wildman–Crippen MR) is 92.4 cm³/mol. The fraction of sp³-hybridized carbons (Fsp3) is 0.333. The summed E-state index contributed by atoms with van der Waals surface area (Å²) >= 11 is 3.20. The minimum absolute atomic E-state index is 0.0502. The van der Waals surface area contributed by atoms with Crippen LogP contribution in [0.4, 0.5) is 0 Å². The lowest BCUT2D eigenvalue weighted by molar-refractivity contribution is 0.0623. The second kappa shape index (κ2) is 7.21. The molecule has 0 aliphatic carbocycles. The first kappa shape index (κ1) is 16.8. The van der Waals surface area contributed by atoms with Gasteiger partial charge in [0.2, 0.25) is 0 Å². The molecule has 0 saturated carbocycles. The van der Waals surface area contributed by atoms with Crippen molar-refractivity contribution >= 4 is 27.6 Å². The van der Waals surface area contributed by atoms with E-state index in [1.54, 1.807) is 48.4 Å². The average Bonchev–Trinajstić information content (AvgIpc) is 3.07. The van der Waals surface area contributed by atoms with Crippen molar-refractivity contribution in [3.05, 3.63) is 52.4 Å². The quantitative estimate of drug-likeness (QED) is 0.743. The van der Waals surface area contributed by atoms with E-state index >= 15 is 0 Å². The molecule has 1 fully saturated rings. The van der Waals surface area contributed by atoms with Gasteiger partial charge in [0.1, 0.15) is 5.75 Å². The molecule has 0 atom stereocenters. The minimum Gasteiger partial charge on any atom is -0.497 e. The number of halogens is 1. The summed E-state index contributed by atoms with van der Waals surface area (Å²) in [5.74, 6) is 1.01. The van der Waals surface area contributed by atoms with Crippen LogP contribution in [0, 0.1) is 5.92 Å². The molecule has 0 unspecified atom stereocenters. The van der Waals surface area contributed by atoms with Crippen LogP contribution >= 0.6 is 15.9 Å². The predicted octanol–water partition coefficient (Wildman–Crippen LogP) is 3.79. The van der Waals surface area contributed by atoms with Gasteiger partial charge in [-0.2, -0.15) is 0 Å². The van der Waals surface area contributed by atoms with Gasteiger partial charge in [-0.3, -0.25) is 9.59 Å². The monoisotopic (exact) mass is 391 g/mol. The van der Waals surface area contributed by atoms with Gasteiger partial charge in [-0.15, -0.1) is 0 Å². The Morgan fingerprint density at radius 2 is 1.79 bits per heavy atom. The standard InChI is InChI=1S/C18H18BrNO4/c1-23-14-4-2-12(3-5-14)17(21)13-8-10-20(11-9-13)18(22)15-6-7-16(19)24-15/h2-7,13H,8-11H2,1H3. The zero-order valence-electron chi connectivity index (χ0n) is 13.3. The number of piperidine rings is 1. The highest BCUT2D eigenvalue weighted by molar-refractivity contribution is 9.10. The van der Waals surface area contributed by atoms with E-state index in [0.29, 0.717) is 41.9 Å². The number of amides is 1. The van der Waals surface area contributed by atoms with Gasteiger partial charge in [0.25, 0.3) is 5.91 Å². The number of rotatable bonds is 4. The molecule has 1 amide bonds. The van der Waals surface area contributed by atoms with Crippen LogP contribution in [-0.2, 0) is 0 Å². The highest BCUT2D eigenvalue weighted by Gasteiger charge is 2.29. The Hall–Kier alpha value is -2.08. The Kier molecular flexibility index (Phi) is 5.04. The lowest BCUT2D eigenvalue weighted by Gasteiger charge is -2.30. The third kappa shape index (κ3) is 3.53. The first-order chi connectivity index (χ1) is 11.6. The van der Waals surface area contributed by atoms with Crippen LogP contribution in [0.1, 0.15) is 33.8 Å². The molecule has 2 aromatic rings. The summed E-state index contributed by atoms with van der Waals surface area (Å²) in [4.78, 5) is 26.7. The average molecular weight is 392 g/mol. The molecule has 1 aromatic carbocycles. The van der Waals surface area contributed by atoms with Crippen LogP contribution in [0.3, 0.4) is 0 Å². The zero-order chi connectivity index (χ0) is 17.1. The second-order valence-corrected chi connectivity index (χ2v) is 6.54. The second-order valence-electron chi connectivity index (χ2n) is 5.76. The number of furan rings is 1. The summed E-state index contributed by atoms with van der Waals surface area (Å²) in [5.41, 5.74) is 0.690. The van der Waals surface area contributed by atoms with Gasteiger partial charge in [-0.1, -0.05) is 0 Å². The van der Waals surface area contributed by atoms with Crippen LogP contribution in [0.15, 0.2) is 45.5 Å². The molecule has 0 radical (unpaired) electrons. The number of carbonyl (C=O) groups excluding carboxylic acids is 2. The largest absolute Gasteiger partial charge is 0.497 e. The van der Waals surface area contributed by atoms with Crippen LogP contribution in [0.25, 0.3) is 0 Å². The number of methoxy groups -OCH3 is 1. The van der Waals surface area contributed by atoms with Gasteiger partial charge in [0, 0.05) is 24.6 Å². The highest BCUT2D eigenvalue weighted by atomic mass is 79.9. The number of benzene rings is 1. The van der Waals surface area contributed by atoms with Crippen molar-refractivity contribution in [2.45, 2.75) is 12.8 Å². The number of nitrogens with zero attached hydrogens (tertiary/aromatic N) is 1. The van der Waals surface area contributed by atoms with Gasteiger partial charge >= 0.3 is 0 Å². The Bertz CT molecular complexity index is 730. The smallest absolute Gasteiger partial charge is 0.289 e. The van der Waals surface area contributed by atoms with E-state index in [1.165, 1.54) is 0 Å². The van der Waals surface area contributed by atoms with Crippen LogP contribution in [-0.4, -0.2) is 36.8 Å². The molecule has 1 aliphatic heterocycles. The maximum absolute atomic E-state index is 12.6. The number of hydrogen-bond acceptors (Lipinski definition) is 4. The van der Waals surface area contributed by atoms with Gasteiger partial charge in [0.15, 0.2) is 16.2 Å². The Morgan fingerprint density at radius 3 is 2.33 bits per heavy atom. The summed E-state index contributed by atoms with van der Waals surface area (Å²) in [6.07, 6.45) is 1.33. The van der Waals surface area contributed by atoms with Crippen molar-refractivity contribution < 1.29 is 18.7 Å². The van der Waals surface area contributed by atoms with Gasteiger partial charge in [-0.25, -0.2) is 0 Å². The van der Waals surface area contributed by atoms with Crippen LogP contribution < -0.4 is 4.74 Å². The molecule has 1 aliphatic rings. The fourth-order valence-corrected chi connectivity index (χ4v) is 3.23. The van der Waals surface area contributed by atoms with Crippen molar-refractivity contribution in [1.82, 2.24) is 4.90 Å². The lowest BCUT2D eigenvalue weighted by Crippen LogP contribution is -2.40. The number of likely N-dealkylation sites (tertiary alicyclic amines) is 1. The first-order valence-corrected chi connectivity index (χ1v) is 8.60. The molecule has 6 heteroatoms. The molecule has 0 bridgehead atoms. The van der Waals surface area contributed by atoms with E-state index in [2.05, 4.69) is 15.9 Å². The molecule has 2 heterocycles. The molecule has 1 aromatic heterocycles. The van der Waals surface area contributed by atoms with E-state index in [9.17, 15) is 9.59 Å². The number of carbonyl (C=O) groups is 2. The fourth-order valence-electron chi connectivity index (χ4n) is 2.92. The summed E-state index contributed by atoms with van der Waals surface area (Å²) in [5, 5.41) is 0. The first-order valence-electron chi connectivity index (χ1n) is 7.81. The maximum Gasteiger partial charge on any atom is 0.289 e. The topological polar surface area (TPSA) is 59.8 Å². The van der Waals surface area contributed by atoms with E-state index in [-0.39, 0.29) is 17.6 Å². The normalized spacial score (nSPS) is 15.3.